The van der Waals surface area contributed by atoms with Crippen LogP contribution in [-0.4, -0.2) is 18.1 Å². The Morgan fingerprint density at radius 1 is 1.21 bits per heavy atom. The second-order valence-electron chi connectivity index (χ2n) is 6.26. The summed E-state index contributed by atoms with van der Waals surface area (Å²) in [5.41, 5.74) is 7.52. The van der Waals surface area contributed by atoms with Gasteiger partial charge in [0.1, 0.15) is 11.6 Å². The minimum Gasteiger partial charge on any atom is -0.491 e. The third-order valence-corrected chi connectivity index (χ3v) is 3.86. The Morgan fingerprint density at radius 2 is 1.92 bits per heavy atom. The molecule has 1 aliphatic carbocycles. The lowest BCUT2D eigenvalue weighted by atomic mass is 10.1. The summed E-state index contributed by atoms with van der Waals surface area (Å²) in [6.45, 7) is 3.97. The molecule has 2 atom stereocenters. The molecule has 0 spiro atoms. The van der Waals surface area contributed by atoms with Gasteiger partial charge < -0.3 is 15.8 Å². The minimum absolute atomic E-state index is 0.0398. The summed E-state index contributed by atoms with van der Waals surface area (Å²) in [4.78, 5) is 4.44. The lowest BCUT2D eigenvalue weighted by Gasteiger charge is -2.11. The number of hydrogen-bond donors (Lipinski definition) is 2. The van der Waals surface area contributed by atoms with Crippen molar-refractivity contribution in [2.75, 3.05) is 5.32 Å². The fourth-order valence-corrected chi connectivity index (χ4v) is 2.68. The van der Waals surface area contributed by atoms with Gasteiger partial charge in [-0.2, -0.15) is 0 Å². The van der Waals surface area contributed by atoms with E-state index in [9.17, 15) is 4.39 Å². The SMILES string of the molecule is CC(C)Oc1ccc(NC(N)=N[C@@H]2C[C@H]2c2ccccc2F)cc1. The van der Waals surface area contributed by atoms with Gasteiger partial charge in [0.25, 0.3) is 0 Å². The quantitative estimate of drug-likeness (QED) is 0.647. The first-order valence-electron chi connectivity index (χ1n) is 8.14. The fraction of sp³-hybridized carbons (Fsp3) is 0.316. The topological polar surface area (TPSA) is 59.6 Å². The van der Waals surface area contributed by atoms with Crippen LogP contribution in [-0.2, 0) is 0 Å². The standard InChI is InChI=1S/C19H22FN3O/c1-12(2)24-14-9-7-13(8-10-14)22-19(21)23-18-11-16(18)15-5-3-4-6-17(15)20/h3-10,12,16,18H,11H2,1-2H3,(H3,21,22,23)/t16-,18+/m0/s1. The van der Waals surface area contributed by atoms with Crippen LogP contribution in [0.5, 0.6) is 5.75 Å². The van der Waals surface area contributed by atoms with Crippen LogP contribution in [0.1, 0.15) is 31.7 Å². The number of halogens is 1. The molecule has 0 aromatic heterocycles. The largest absolute Gasteiger partial charge is 0.491 e. The lowest BCUT2D eigenvalue weighted by molar-refractivity contribution is 0.242. The van der Waals surface area contributed by atoms with Gasteiger partial charge in [0.15, 0.2) is 5.96 Å². The first-order valence-corrected chi connectivity index (χ1v) is 8.14. The molecule has 126 valence electrons. The van der Waals surface area contributed by atoms with Gasteiger partial charge in [0, 0.05) is 11.6 Å². The molecule has 3 rings (SSSR count). The summed E-state index contributed by atoms with van der Waals surface area (Å²) in [6, 6.07) is 14.4. The van der Waals surface area contributed by atoms with E-state index in [2.05, 4.69) is 10.3 Å². The highest BCUT2D eigenvalue weighted by Crippen LogP contribution is 2.44. The number of rotatable bonds is 5. The van der Waals surface area contributed by atoms with E-state index in [0.29, 0.717) is 11.5 Å². The maximum absolute atomic E-state index is 13.8. The van der Waals surface area contributed by atoms with Crippen molar-refractivity contribution < 1.29 is 9.13 Å². The van der Waals surface area contributed by atoms with Crippen molar-refractivity contribution >= 4 is 11.6 Å². The summed E-state index contributed by atoms with van der Waals surface area (Å²) in [5.74, 6) is 1.10. The first-order chi connectivity index (χ1) is 11.5. The first kappa shape index (κ1) is 16.3. The molecule has 2 aromatic carbocycles. The molecule has 2 aromatic rings. The third kappa shape index (κ3) is 4.04. The van der Waals surface area contributed by atoms with E-state index in [1.54, 1.807) is 6.07 Å². The predicted molar refractivity (Wildman–Crippen MR) is 95.0 cm³/mol. The Morgan fingerprint density at radius 3 is 2.58 bits per heavy atom. The molecule has 0 unspecified atom stereocenters. The Bertz CT molecular complexity index is 728. The van der Waals surface area contributed by atoms with E-state index in [4.69, 9.17) is 10.5 Å². The second kappa shape index (κ2) is 6.91. The molecule has 0 heterocycles. The maximum Gasteiger partial charge on any atom is 0.193 e. The number of benzene rings is 2. The number of nitrogens with two attached hydrogens (primary N) is 1. The normalized spacial score (nSPS) is 20.1. The van der Waals surface area contributed by atoms with E-state index in [1.165, 1.54) is 6.07 Å². The van der Waals surface area contributed by atoms with E-state index < -0.39 is 0 Å². The van der Waals surface area contributed by atoms with Crippen molar-refractivity contribution in [2.45, 2.75) is 38.3 Å². The van der Waals surface area contributed by atoms with E-state index in [-0.39, 0.29) is 23.9 Å². The molecule has 0 radical (unpaired) electrons. The van der Waals surface area contributed by atoms with Gasteiger partial charge in [-0.3, -0.25) is 0 Å². The summed E-state index contributed by atoms with van der Waals surface area (Å²) < 4.78 is 19.4. The van der Waals surface area contributed by atoms with Crippen molar-refractivity contribution in [1.82, 2.24) is 0 Å². The molecule has 24 heavy (non-hydrogen) atoms. The van der Waals surface area contributed by atoms with Gasteiger partial charge in [-0.15, -0.1) is 0 Å². The highest BCUT2D eigenvalue weighted by Gasteiger charge is 2.40. The average molecular weight is 327 g/mol. The van der Waals surface area contributed by atoms with Crippen molar-refractivity contribution in [3.8, 4) is 5.75 Å². The van der Waals surface area contributed by atoms with Gasteiger partial charge in [-0.25, -0.2) is 9.38 Å². The zero-order valence-corrected chi connectivity index (χ0v) is 13.9. The smallest absolute Gasteiger partial charge is 0.193 e. The third-order valence-electron chi connectivity index (χ3n) is 3.86. The van der Waals surface area contributed by atoms with Crippen LogP contribution in [0.2, 0.25) is 0 Å². The molecular weight excluding hydrogens is 305 g/mol. The molecule has 0 saturated heterocycles. The summed E-state index contributed by atoms with van der Waals surface area (Å²) in [6.07, 6.45) is 0.963. The van der Waals surface area contributed by atoms with Gasteiger partial charge in [0.05, 0.1) is 12.1 Å². The van der Waals surface area contributed by atoms with Crippen LogP contribution in [0.3, 0.4) is 0 Å². The van der Waals surface area contributed by atoms with Crippen LogP contribution >= 0.6 is 0 Å². The Balaban J connectivity index is 1.58. The molecule has 1 aliphatic rings. The number of aliphatic imine (C=N–C) groups is 1. The number of guanidine groups is 1. The monoisotopic (exact) mass is 327 g/mol. The fourth-order valence-electron chi connectivity index (χ4n) is 2.68. The number of ether oxygens (including phenoxy) is 1. The zero-order chi connectivity index (χ0) is 17.1. The lowest BCUT2D eigenvalue weighted by Crippen LogP contribution is -2.23. The van der Waals surface area contributed by atoms with Crippen molar-refractivity contribution in [3.05, 3.63) is 59.9 Å². The highest BCUT2D eigenvalue weighted by molar-refractivity contribution is 5.92. The van der Waals surface area contributed by atoms with Crippen LogP contribution in [0.25, 0.3) is 0 Å². The zero-order valence-electron chi connectivity index (χ0n) is 13.9. The van der Waals surface area contributed by atoms with E-state index in [1.807, 2.05) is 50.2 Å². The van der Waals surface area contributed by atoms with Gasteiger partial charge in [0.2, 0.25) is 0 Å². The summed E-state index contributed by atoms with van der Waals surface area (Å²) in [5, 5.41) is 3.06. The average Bonchev–Trinajstić information content (AvgIpc) is 3.28. The maximum atomic E-state index is 13.8. The van der Waals surface area contributed by atoms with Crippen molar-refractivity contribution in [1.29, 1.82) is 0 Å². The van der Waals surface area contributed by atoms with E-state index in [0.717, 1.165) is 17.9 Å². The summed E-state index contributed by atoms with van der Waals surface area (Å²) >= 11 is 0. The molecule has 0 bridgehead atoms. The van der Waals surface area contributed by atoms with Gasteiger partial charge >= 0.3 is 0 Å². The Hall–Kier alpha value is -2.56. The minimum atomic E-state index is -0.174. The molecule has 1 fully saturated rings. The second-order valence-corrected chi connectivity index (χ2v) is 6.26. The van der Waals surface area contributed by atoms with Crippen LogP contribution in [0, 0.1) is 5.82 Å². The van der Waals surface area contributed by atoms with Gasteiger partial charge in [-0.05, 0) is 56.2 Å². The molecule has 0 aliphatic heterocycles. The van der Waals surface area contributed by atoms with Crippen LogP contribution in [0.4, 0.5) is 10.1 Å². The number of nitrogens with one attached hydrogen (secondary N) is 1. The van der Waals surface area contributed by atoms with Crippen molar-refractivity contribution in [2.24, 2.45) is 10.7 Å². The Kier molecular flexibility index (Phi) is 4.69. The summed E-state index contributed by atoms with van der Waals surface area (Å²) in [7, 11) is 0. The number of nitrogens with zero attached hydrogens (tertiary/aromatic N) is 1. The van der Waals surface area contributed by atoms with Crippen LogP contribution < -0.4 is 15.8 Å². The molecule has 5 heteroatoms. The molecule has 0 amide bonds. The van der Waals surface area contributed by atoms with Crippen LogP contribution in [0.15, 0.2) is 53.5 Å². The molecule has 1 saturated carbocycles. The Labute approximate surface area is 141 Å². The molecular formula is C19H22FN3O. The highest BCUT2D eigenvalue weighted by atomic mass is 19.1. The number of hydrogen-bond acceptors (Lipinski definition) is 2. The predicted octanol–water partition coefficient (Wildman–Crippen LogP) is 3.90. The van der Waals surface area contributed by atoms with E-state index >= 15 is 0 Å². The number of anilines is 1. The molecule has 4 nitrogen and oxygen atoms in total. The van der Waals surface area contributed by atoms with Gasteiger partial charge in [-0.1, -0.05) is 18.2 Å². The molecule has 3 N–H and O–H groups in total. The van der Waals surface area contributed by atoms with Crippen molar-refractivity contribution in [3.63, 3.8) is 0 Å².